The van der Waals surface area contributed by atoms with Crippen molar-refractivity contribution in [2.24, 2.45) is 5.73 Å². The molecule has 1 fully saturated rings. The topological polar surface area (TPSA) is 47.3 Å². The lowest BCUT2D eigenvalue weighted by molar-refractivity contribution is 0.326. The summed E-state index contributed by atoms with van der Waals surface area (Å²) in [6.45, 7) is 2.97. The molecule has 1 aliphatic carbocycles. The van der Waals surface area contributed by atoms with E-state index in [-0.39, 0.29) is 0 Å². The van der Waals surface area contributed by atoms with E-state index in [0.717, 1.165) is 18.7 Å². The second kappa shape index (κ2) is 6.21. The van der Waals surface area contributed by atoms with Crippen LogP contribution in [0, 0.1) is 6.92 Å². The number of hydrogen-bond donors (Lipinski definition) is 2. The van der Waals surface area contributed by atoms with Crippen LogP contribution in [0.2, 0.25) is 0 Å². The van der Waals surface area contributed by atoms with Crippen molar-refractivity contribution in [3.05, 3.63) is 29.3 Å². The van der Waals surface area contributed by atoms with Crippen LogP contribution in [0.5, 0.6) is 5.75 Å². The van der Waals surface area contributed by atoms with E-state index < -0.39 is 0 Å². The van der Waals surface area contributed by atoms with E-state index >= 15 is 0 Å². The van der Waals surface area contributed by atoms with Gasteiger partial charge in [-0.25, -0.2) is 0 Å². The Labute approximate surface area is 110 Å². The summed E-state index contributed by atoms with van der Waals surface area (Å²) in [5, 5.41) is 3.59. The smallest absolute Gasteiger partial charge is 0.121 e. The second-order valence-electron chi connectivity index (χ2n) is 5.24. The summed E-state index contributed by atoms with van der Waals surface area (Å²) >= 11 is 0. The van der Waals surface area contributed by atoms with Gasteiger partial charge in [0, 0.05) is 18.6 Å². The van der Waals surface area contributed by atoms with Crippen LogP contribution in [0.15, 0.2) is 18.2 Å². The molecule has 0 spiro atoms. The maximum Gasteiger partial charge on any atom is 0.121 e. The van der Waals surface area contributed by atoms with Gasteiger partial charge in [-0.1, -0.05) is 25.0 Å². The van der Waals surface area contributed by atoms with Crippen LogP contribution >= 0.6 is 0 Å². The molecule has 0 aliphatic heterocycles. The molecule has 1 aromatic rings. The largest absolute Gasteiger partial charge is 0.496 e. The number of nitrogens with one attached hydrogen (secondary N) is 1. The normalized spacial score (nSPS) is 23.9. The quantitative estimate of drug-likeness (QED) is 0.860. The van der Waals surface area contributed by atoms with Crippen LogP contribution in [-0.2, 0) is 6.54 Å². The molecule has 3 heteroatoms. The molecule has 1 aliphatic rings. The van der Waals surface area contributed by atoms with Crippen LogP contribution in [0.1, 0.15) is 36.8 Å². The fraction of sp³-hybridized carbons (Fsp3) is 0.600. The predicted octanol–water partition coefficient (Wildman–Crippen LogP) is 2.36. The van der Waals surface area contributed by atoms with Gasteiger partial charge in [0.05, 0.1) is 7.11 Å². The van der Waals surface area contributed by atoms with Gasteiger partial charge in [-0.15, -0.1) is 0 Å². The average Bonchev–Trinajstić information content (AvgIpc) is 2.38. The molecule has 3 N–H and O–H groups in total. The number of hydrogen-bond acceptors (Lipinski definition) is 3. The number of benzene rings is 1. The van der Waals surface area contributed by atoms with Gasteiger partial charge in [0.25, 0.3) is 0 Å². The molecule has 0 amide bonds. The Morgan fingerprint density at radius 3 is 2.78 bits per heavy atom. The van der Waals surface area contributed by atoms with E-state index in [1.165, 1.54) is 30.4 Å². The van der Waals surface area contributed by atoms with Crippen molar-refractivity contribution in [1.82, 2.24) is 5.32 Å². The summed E-state index contributed by atoms with van der Waals surface area (Å²) in [6, 6.07) is 7.12. The minimum absolute atomic E-state index is 0.318. The van der Waals surface area contributed by atoms with E-state index in [0.29, 0.717) is 12.1 Å². The summed E-state index contributed by atoms with van der Waals surface area (Å²) in [5.74, 6) is 0.952. The van der Waals surface area contributed by atoms with Crippen molar-refractivity contribution in [3.8, 4) is 5.75 Å². The SMILES string of the molecule is COc1ccc(CNC2CCCCC2N)cc1C. The van der Waals surface area contributed by atoms with E-state index in [1.54, 1.807) is 7.11 Å². The summed E-state index contributed by atoms with van der Waals surface area (Å²) in [5.41, 5.74) is 8.62. The highest BCUT2D eigenvalue weighted by Crippen LogP contribution is 2.20. The van der Waals surface area contributed by atoms with Gasteiger partial charge in [-0.2, -0.15) is 0 Å². The summed E-state index contributed by atoms with van der Waals surface area (Å²) in [6.07, 6.45) is 4.93. The Hall–Kier alpha value is -1.06. The average molecular weight is 248 g/mol. The van der Waals surface area contributed by atoms with Gasteiger partial charge >= 0.3 is 0 Å². The first-order chi connectivity index (χ1) is 8.70. The molecule has 2 atom stereocenters. The van der Waals surface area contributed by atoms with E-state index in [9.17, 15) is 0 Å². The highest BCUT2D eigenvalue weighted by molar-refractivity contribution is 5.36. The third-order valence-electron chi connectivity index (χ3n) is 3.85. The summed E-state index contributed by atoms with van der Waals surface area (Å²) in [7, 11) is 1.71. The highest BCUT2D eigenvalue weighted by atomic mass is 16.5. The molecule has 0 bridgehead atoms. The number of nitrogens with two attached hydrogens (primary N) is 1. The zero-order valence-electron chi connectivity index (χ0n) is 11.4. The van der Waals surface area contributed by atoms with Crippen molar-refractivity contribution >= 4 is 0 Å². The lowest BCUT2D eigenvalue weighted by Crippen LogP contribution is -2.46. The van der Waals surface area contributed by atoms with Gasteiger partial charge in [0.15, 0.2) is 0 Å². The molecular formula is C15H24N2O. The zero-order chi connectivity index (χ0) is 13.0. The summed E-state index contributed by atoms with van der Waals surface area (Å²) in [4.78, 5) is 0. The zero-order valence-corrected chi connectivity index (χ0v) is 11.4. The van der Waals surface area contributed by atoms with Gasteiger partial charge in [-0.3, -0.25) is 0 Å². The van der Waals surface area contributed by atoms with Crippen molar-refractivity contribution in [2.45, 2.75) is 51.2 Å². The van der Waals surface area contributed by atoms with E-state index in [2.05, 4.69) is 24.4 Å². The molecule has 3 nitrogen and oxygen atoms in total. The van der Waals surface area contributed by atoms with Crippen LogP contribution in [-0.4, -0.2) is 19.2 Å². The monoisotopic (exact) mass is 248 g/mol. The molecule has 18 heavy (non-hydrogen) atoms. The van der Waals surface area contributed by atoms with E-state index in [1.807, 2.05) is 6.07 Å². The predicted molar refractivity (Wildman–Crippen MR) is 74.8 cm³/mol. The standard InChI is InChI=1S/C15H24N2O/c1-11-9-12(7-8-15(11)18-2)10-17-14-6-4-3-5-13(14)16/h7-9,13-14,17H,3-6,10,16H2,1-2H3. The molecule has 1 aromatic carbocycles. The van der Waals surface area contributed by atoms with Crippen molar-refractivity contribution in [3.63, 3.8) is 0 Å². The number of methoxy groups -OCH3 is 1. The van der Waals surface area contributed by atoms with Gasteiger partial charge < -0.3 is 15.8 Å². The Balaban J connectivity index is 1.91. The number of aryl methyl sites for hydroxylation is 1. The van der Waals surface area contributed by atoms with E-state index in [4.69, 9.17) is 10.5 Å². The Morgan fingerprint density at radius 2 is 2.11 bits per heavy atom. The maximum atomic E-state index is 6.14. The minimum atomic E-state index is 0.318. The van der Waals surface area contributed by atoms with Crippen molar-refractivity contribution in [1.29, 1.82) is 0 Å². The number of ether oxygens (including phenoxy) is 1. The molecule has 0 heterocycles. The lowest BCUT2D eigenvalue weighted by atomic mass is 9.91. The van der Waals surface area contributed by atoms with Crippen LogP contribution in [0.25, 0.3) is 0 Å². The van der Waals surface area contributed by atoms with Crippen molar-refractivity contribution < 1.29 is 4.74 Å². The molecule has 0 radical (unpaired) electrons. The Kier molecular flexibility index (Phi) is 4.61. The van der Waals surface area contributed by atoms with Crippen LogP contribution < -0.4 is 15.8 Å². The minimum Gasteiger partial charge on any atom is -0.496 e. The maximum absolute atomic E-state index is 6.14. The van der Waals surface area contributed by atoms with Gasteiger partial charge in [0.1, 0.15) is 5.75 Å². The van der Waals surface area contributed by atoms with Gasteiger partial charge in [0.2, 0.25) is 0 Å². The fourth-order valence-corrected chi connectivity index (χ4v) is 2.71. The van der Waals surface area contributed by atoms with Crippen LogP contribution in [0.3, 0.4) is 0 Å². The fourth-order valence-electron chi connectivity index (χ4n) is 2.71. The lowest BCUT2D eigenvalue weighted by Gasteiger charge is -2.29. The third-order valence-corrected chi connectivity index (χ3v) is 3.85. The molecule has 2 unspecified atom stereocenters. The third kappa shape index (κ3) is 3.24. The molecular weight excluding hydrogens is 224 g/mol. The molecule has 0 aromatic heterocycles. The van der Waals surface area contributed by atoms with Crippen molar-refractivity contribution in [2.75, 3.05) is 7.11 Å². The molecule has 1 saturated carbocycles. The first kappa shape index (κ1) is 13.4. The highest BCUT2D eigenvalue weighted by Gasteiger charge is 2.20. The number of rotatable bonds is 4. The molecule has 0 saturated heterocycles. The molecule has 100 valence electrons. The Morgan fingerprint density at radius 1 is 1.33 bits per heavy atom. The summed E-state index contributed by atoms with van der Waals surface area (Å²) < 4.78 is 5.27. The first-order valence-electron chi connectivity index (χ1n) is 6.83. The van der Waals surface area contributed by atoms with Gasteiger partial charge in [-0.05, 0) is 37.0 Å². The van der Waals surface area contributed by atoms with Crippen LogP contribution in [0.4, 0.5) is 0 Å². The molecule has 2 rings (SSSR count). The first-order valence-corrected chi connectivity index (χ1v) is 6.83. The Bertz CT molecular complexity index is 392. The second-order valence-corrected chi connectivity index (χ2v) is 5.24.